The highest BCUT2D eigenvalue weighted by atomic mass is 19.1. The van der Waals surface area contributed by atoms with E-state index in [0.29, 0.717) is 11.7 Å². The molecule has 0 saturated heterocycles. The summed E-state index contributed by atoms with van der Waals surface area (Å²) >= 11 is 0. The Morgan fingerprint density at radius 2 is 1.83 bits per heavy atom. The van der Waals surface area contributed by atoms with Crippen LogP contribution < -0.4 is 5.32 Å². The number of halogens is 1. The first-order valence-corrected chi connectivity index (χ1v) is 7.94. The van der Waals surface area contributed by atoms with Gasteiger partial charge in [-0.25, -0.2) is 9.37 Å². The molecule has 1 saturated carbocycles. The third kappa shape index (κ3) is 2.63. The van der Waals surface area contributed by atoms with Crippen LogP contribution in [0.2, 0.25) is 0 Å². The van der Waals surface area contributed by atoms with Crippen LogP contribution in [0.3, 0.4) is 0 Å². The Morgan fingerprint density at radius 1 is 1.09 bits per heavy atom. The topological polar surface area (TPSA) is 49.6 Å². The number of phenolic OH excluding ortho intramolecular Hbond substituents is 1. The Morgan fingerprint density at radius 3 is 2.57 bits per heavy atom. The summed E-state index contributed by atoms with van der Waals surface area (Å²) in [6, 6.07) is 10.4. The molecule has 0 unspecified atom stereocenters. The third-order valence-corrected chi connectivity index (χ3v) is 4.42. The van der Waals surface area contributed by atoms with E-state index in [-0.39, 0.29) is 11.6 Å². The van der Waals surface area contributed by atoms with Crippen molar-refractivity contribution in [2.24, 2.45) is 0 Å². The number of pyridine rings is 1. The van der Waals surface area contributed by atoms with Gasteiger partial charge in [0.25, 0.3) is 0 Å². The molecular weight excluding hydrogens is 293 g/mol. The number of aromatic nitrogens is 2. The predicted octanol–water partition coefficient (Wildman–Crippen LogP) is 4.20. The van der Waals surface area contributed by atoms with E-state index in [0.717, 1.165) is 29.9 Å². The minimum atomic E-state index is -0.290. The minimum Gasteiger partial charge on any atom is -0.508 e. The molecule has 0 bridgehead atoms. The van der Waals surface area contributed by atoms with Crippen LogP contribution >= 0.6 is 0 Å². The molecule has 5 heteroatoms. The van der Waals surface area contributed by atoms with Crippen LogP contribution in [-0.2, 0) is 0 Å². The molecule has 3 aromatic rings. The van der Waals surface area contributed by atoms with Gasteiger partial charge in [0.1, 0.15) is 28.7 Å². The van der Waals surface area contributed by atoms with Gasteiger partial charge in [-0.1, -0.05) is 12.8 Å². The van der Waals surface area contributed by atoms with Crippen LogP contribution in [0.4, 0.5) is 10.2 Å². The van der Waals surface area contributed by atoms with Gasteiger partial charge in [0.2, 0.25) is 0 Å². The number of aromatic hydroxyl groups is 1. The van der Waals surface area contributed by atoms with Crippen molar-refractivity contribution in [2.45, 2.75) is 31.7 Å². The van der Waals surface area contributed by atoms with Crippen molar-refractivity contribution in [2.75, 3.05) is 5.32 Å². The molecule has 1 aromatic carbocycles. The van der Waals surface area contributed by atoms with E-state index in [1.165, 1.54) is 25.1 Å². The maximum atomic E-state index is 13.7. The van der Waals surface area contributed by atoms with Gasteiger partial charge in [0.15, 0.2) is 0 Å². The lowest BCUT2D eigenvalue weighted by molar-refractivity contribution is 0.475. The van der Waals surface area contributed by atoms with Gasteiger partial charge in [0, 0.05) is 17.8 Å². The van der Waals surface area contributed by atoms with E-state index in [1.54, 1.807) is 22.6 Å². The summed E-state index contributed by atoms with van der Waals surface area (Å²) in [5, 5.41) is 13.0. The van der Waals surface area contributed by atoms with E-state index in [9.17, 15) is 9.50 Å². The molecule has 0 aliphatic heterocycles. The largest absolute Gasteiger partial charge is 0.508 e. The lowest BCUT2D eigenvalue weighted by Gasteiger charge is -2.15. The van der Waals surface area contributed by atoms with Crippen molar-refractivity contribution in [1.29, 1.82) is 0 Å². The van der Waals surface area contributed by atoms with Crippen molar-refractivity contribution in [3.8, 4) is 17.0 Å². The van der Waals surface area contributed by atoms with Gasteiger partial charge >= 0.3 is 0 Å². The summed E-state index contributed by atoms with van der Waals surface area (Å²) < 4.78 is 15.5. The number of rotatable bonds is 3. The van der Waals surface area contributed by atoms with Gasteiger partial charge in [0.05, 0.1) is 0 Å². The van der Waals surface area contributed by atoms with E-state index in [2.05, 4.69) is 10.3 Å². The summed E-state index contributed by atoms with van der Waals surface area (Å²) in [6.07, 6.45) is 6.15. The van der Waals surface area contributed by atoms with E-state index < -0.39 is 0 Å². The number of anilines is 1. The first-order valence-electron chi connectivity index (χ1n) is 7.94. The molecule has 4 rings (SSSR count). The fourth-order valence-corrected chi connectivity index (χ4v) is 3.24. The maximum absolute atomic E-state index is 13.7. The quantitative estimate of drug-likeness (QED) is 0.762. The summed E-state index contributed by atoms with van der Waals surface area (Å²) in [5.74, 6) is 0.743. The van der Waals surface area contributed by atoms with Crippen LogP contribution in [0.1, 0.15) is 25.7 Å². The molecule has 0 spiro atoms. The van der Waals surface area contributed by atoms with Gasteiger partial charge in [-0.3, -0.25) is 4.40 Å². The second-order valence-electron chi connectivity index (χ2n) is 6.06. The SMILES string of the molecule is Oc1ccc(-c2nc3ccc(F)cn3c2NC2CCCC2)cc1. The molecule has 23 heavy (non-hydrogen) atoms. The van der Waals surface area contributed by atoms with Crippen LogP contribution in [0.25, 0.3) is 16.9 Å². The van der Waals surface area contributed by atoms with Crippen LogP contribution in [0.15, 0.2) is 42.6 Å². The van der Waals surface area contributed by atoms with E-state index in [1.807, 2.05) is 12.1 Å². The number of hydrogen-bond acceptors (Lipinski definition) is 3. The number of imidazole rings is 1. The van der Waals surface area contributed by atoms with Gasteiger partial charge in [-0.2, -0.15) is 0 Å². The first-order chi connectivity index (χ1) is 11.2. The maximum Gasteiger partial charge on any atom is 0.140 e. The first kappa shape index (κ1) is 14.1. The van der Waals surface area contributed by atoms with Gasteiger partial charge in [-0.15, -0.1) is 0 Å². The molecular formula is C18H18FN3O. The zero-order valence-electron chi connectivity index (χ0n) is 12.7. The van der Waals surface area contributed by atoms with E-state index in [4.69, 9.17) is 0 Å². The Hall–Kier alpha value is -2.56. The Bertz CT molecular complexity index is 835. The molecule has 0 amide bonds. The smallest absolute Gasteiger partial charge is 0.140 e. The van der Waals surface area contributed by atoms with Crippen molar-refractivity contribution in [1.82, 2.24) is 9.38 Å². The van der Waals surface area contributed by atoms with Crippen molar-refractivity contribution in [3.63, 3.8) is 0 Å². The number of nitrogens with one attached hydrogen (secondary N) is 1. The highest BCUT2D eigenvalue weighted by molar-refractivity contribution is 5.77. The highest BCUT2D eigenvalue weighted by Crippen LogP contribution is 2.32. The minimum absolute atomic E-state index is 0.217. The second-order valence-corrected chi connectivity index (χ2v) is 6.06. The molecule has 1 aliphatic rings. The van der Waals surface area contributed by atoms with Crippen molar-refractivity contribution >= 4 is 11.5 Å². The monoisotopic (exact) mass is 311 g/mol. The van der Waals surface area contributed by atoms with Crippen LogP contribution in [-0.4, -0.2) is 20.5 Å². The van der Waals surface area contributed by atoms with E-state index >= 15 is 0 Å². The van der Waals surface area contributed by atoms with Crippen LogP contribution in [0, 0.1) is 5.82 Å². The molecule has 2 aromatic heterocycles. The predicted molar refractivity (Wildman–Crippen MR) is 88.1 cm³/mol. The Balaban J connectivity index is 1.85. The average molecular weight is 311 g/mol. The summed E-state index contributed by atoms with van der Waals surface area (Å²) in [5.41, 5.74) is 2.38. The van der Waals surface area contributed by atoms with Crippen molar-refractivity contribution in [3.05, 3.63) is 48.4 Å². The molecule has 2 N–H and O–H groups in total. The second kappa shape index (κ2) is 5.57. The zero-order valence-corrected chi connectivity index (χ0v) is 12.7. The molecule has 4 nitrogen and oxygen atoms in total. The fraction of sp³-hybridized carbons (Fsp3) is 0.278. The number of benzene rings is 1. The summed E-state index contributed by atoms with van der Waals surface area (Å²) in [4.78, 5) is 4.65. The van der Waals surface area contributed by atoms with Crippen LogP contribution in [0.5, 0.6) is 5.75 Å². The fourth-order valence-electron chi connectivity index (χ4n) is 3.24. The highest BCUT2D eigenvalue weighted by Gasteiger charge is 2.20. The normalized spacial score (nSPS) is 15.3. The number of nitrogens with zero attached hydrogens (tertiary/aromatic N) is 2. The Labute approximate surface area is 133 Å². The number of hydrogen-bond donors (Lipinski definition) is 2. The average Bonchev–Trinajstić information content (AvgIpc) is 3.17. The molecule has 2 heterocycles. The third-order valence-electron chi connectivity index (χ3n) is 4.42. The number of phenols is 1. The van der Waals surface area contributed by atoms with Gasteiger partial charge in [-0.05, 0) is 49.2 Å². The van der Waals surface area contributed by atoms with Gasteiger partial charge < -0.3 is 10.4 Å². The molecule has 1 aliphatic carbocycles. The molecule has 0 atom stereocenters. The molecule has 1 fully saturated rings. The lowest BCUT2D eigenvalue weighted by Crippen LogP contribution is -2.16. The Kier molecular flexibility index (Phi) is 3.41. The zero-order chi connectivity index (χ0) is 15.8. The standard InChI is InChI=1S/C18H18FN3O/c19-13-7-10-16-21-17(12-5-8-15(23)9-6-12)18(22(16)11-13)20-14-3-1-2-4-14/h5-11,14,20,23H,1-4H2. The summed E-state index contributed by atoms with van der Waals surface area (Å²) in [7, 11) is 0. The lowest BCUT2D eigenvalue weighted by atomic mass is 10.1. The summed E-state index contributed by atoms with van der Waals surface area (Å²) in [6.45, 7) is 0. The molecule has 118 valence electrons. The van der Waals surface area contributed by atoms with Crippen molar-refractivity contribution < 1.29 is 9.50 Å². The number of fused-ring (bicyclic) bond motifs is 1. The molecule has 0 radical (unpaired) electrons.